The maximum absolute atomic E-state index is 12.0. The molecule has 0 bridgehead atoms. The van der Waals surface area contributed by atoms with Crippen LogP contribution in [0.15, 0.2) is 0 Å². The molecule has 0 aromatic carbocycles. The smallest absolute Gasteiger partial charge is 0.307 e. The highest BCUT2D eigenvalue weighted by molar-refractivity contribution is 5.78. The Bertz CT molecular complexity index is 282. The van der Waals surface area contributed by atoms with E-state index in [1.54, 1.807) is 11.8 Å². The van der Waals surface area contributed by atoms with Gasteiger partial charge in [-0.05, 0) is 19.4 Å². The fourth-order valence-electron chi connectivity index (χ4n) is 1.85. The second-order valence-corrected chi connectivity index (χ2v) is 5.14. The molecule has 0 saturated carbocycles. The maximum Gasteiger partial charge on any atom is 0.307 e. The summed E-state index contributed by atoms with van der Waals surface area (Å²) in [7, 11) is 1.81. The van der Waals surface area contributed by atoms with Crippen LogP contribution in [-0.2, 0) is 9.59 Å². The third kappa shape index (κ3) is 7.82. The van der Waals surface area contributed by atoms with Gasteiger partial charge in [0.05, 0.1) is 12.5 Å². The van der Waals surface area contributed by atoms with Crippen LogP contribution >= 0.6 is 0 Å². The van der Waals surface area contributed by atoms with Crippen LogP contribution in [0.4, 0.5) is 0 Å². The average molecular weight is 272 g/mol. The van der Waals surface area contributed by atoms with E-state index in [0.29, 0.717) is 13.1 Å². The summed E-state index contributed by atoms with van der Waals surface area (Å²) in [4.78, 5) is 26.6. The van der Waals surface area contributed by atoms with Crippen molar-refractivity contribution in [3.63, 3.8) is 0 Å². The molecule has 0 rings (SSSR count). The van der Waals surface area contributed by atoms with E-state index in [1.807, 2.05) is 18.9 Å². The normalized spacial score (nSPS) is 12.5. The van der Waals surface area contributed by atoms with Gasteiger partial charge in [-0.3, -0.25) is 14.5 Å². The van der Waals surface area contributed by atoms with Gasteiger partial charge >= 0.3 is 5.97 Å². The third-order valence-electron chi connectivity index (χ3n) is 3.13. The first kappa shape index (κ1) is 17.9. The van der Waals surface area contributed by atoms with Crippen LogP contribution < -0.4 is 0 Å². The van der Waals surface area contributed by atoms with E-state index < -0.39 is 11.9 Å². The summed E-state index contributed by atoms with van der Waals surface area (Å²) in [5, 5.41) is 8.94. The summed E-state index contributed by atoms with van der Waals surface area (Å²) < 4.78 is 0. The number of carbonyl (C=O) groups is 2. The van der Waals surface area contributed by atoms with Gasteiger partial charge in [0, 0.05) is 20.1 Å². The number of hydrogen-bond acceptors (Lipinski definition) is 3. The minimum Gasteiger partial charge on any atom is -0.481 e. The fourth-order valence-corrected chi connectivity index (χ4v) is 1.85. The zero-order valence-corrected chi connectivity index (χ0v) is 12.7. The lowest BCUT2D eigenvalue weighted by Crippen LogP contribution is -2.41. The Morgan fingerprint density at radius 3 is 2.26 bits per heavy atom. The standard InChI is InChI=1S/C14H28N2O3/c1-5-7-9-15(4)13(17)11-16(8-6-2)10-12(3)14(18)19/h12H,5-11H2,1-4H3,(H,18,19). The molecule has 0 heterocycles. The molecule has 1 amide bonds. The predicted octanol–water partition coefficient (Wildman–Crippen LogP) is 1.68. The van der Waals surface area contributed by atoms with E-state index in [9.17, 15) is 9.59 Å². The van der Waals surface area contributed by atoms with Gasteiger partial charge in [-0.1, -0.05) is 27.2 Å². The van der Waals surface area contributed by atoms with Gasteiger partial charge in [-0.15, -0.1) is 0 Å². The lowest BCUT2D eigenvalue weighted by Gasteiger charge is -2.26. The molecule has 0 fully saturated rings. The van der Waals surface area contributed by atoms with Crippen LogP contribution in [0.2, 0.25) is 0 Å². The minimum absolute atomic E-state index is 0.0690. The highest BCUT2D eigenvalue weighted by atomic mass is 16.4. The molecule has 0 saturated heterocycles. The molecule has 0 spiro atoms. The largest absolute Gasteiger partial charge is 0.481 e. The Balaban J connectivity index is 4.32. The molecule has 1 atom stereocenters. The molecule has 5 nitrogen and oxygen atoms in total. The number of carbonyl (C=O) groups excluding carboxylic acids is 1. The van der Waals surface area contributed by atoms with Crippen molar-refractivity contribution in [1.29, 1.82) is 0 Å². The lowest BCUT2D eigenvalue weighted by atomic mass is 10.1. The van der Waals surface area contributed by atoms with Crippen LogP contribution in [0.1, 0.15) is 40.0 Å². The zero-order chi connectivity index (χ0) is 14.8. The summed E-state index contributed by atoms with van der Waals surface area (Å²) in [5.74, 6) is -1.19. The molecule has 0 aromatic rings. The van der Waals surface area contributed by atoms with E-state index in [-0.39, 0.29) is 5.91 Å². The van der Waals surface area contributed by atoms with Crippen molar-refractivity contribution in [1.82, 2.24) is 9.80 Å². The van der Waals surface area contributed by atoms with Crippen LogP contribution in [0.25, 0.3) is 0 Å². The van der Waals surface area contributed by atoms with Crippen molar-refractivity contribution in [2.75, 3.05) is 33.2 Å². The number of nitrogens with zero attached hydrogens (tertiary/aromatic N) is 2. The van der Waals surface area contributed by atoms with Gasteiger partial charge in [-0.2, -0.15) is 0 Å². The number of carboxylic acid groups (broad SMARTS) is 1. The molecule has 0 aliphatic carbocycles. The first-order valence-corrected chi connectivity index (χ1v) is 7.11. The Morgan fingerprint density at radius 2 is 1.79 bits per heavy atom. The first-order valence-electron chi connectivity index (χ1n) is 7.11. The van der Waals surface area contributed by atoms with Crippen molar-refractivity contribution < 1.29 is 14.7 Å². The molecule has 112 valence electrons. The second-order valence-electron chi connectivity index (χ2n) is 5.14. The van der Waals surface area contributed by atoms with Gasteiger partial charge in [0.2, 0.25) is 5.91 Å². The van der Waals surface area contributed by atoms with Gasteiger partial charge in [0.25, 0.3) is 0 Å². The number of aliphatic carboxylic acids is 1. The maximum atomic E-state index is 12.0. The van der Waals surface area contributed by atoms with Crippen LogP contribution in [0, 0.1) is 5.92 Å². The van der Waals surface area contributed by atoms with E-state index in [1.165, 1.54) is 0 Å². The Hall–Kier alpha value is -1.10. The number of unbranched alkanes of at least 4 members (excludes halogenated alkanes) is 1. The molecule has 1 N–H and O–H groups in total. The average Bonchev–Trinajstić information content (AvgIpc) is 2.35. The molecule has 0 aliphatic rings. The minimum atomic E-state index is -0.812. The highest BCUT2D eigenvalue weighted by Crippen LogP contribution is 2.03. The van der Waals surface area contributed by atoms with E-state index in [0.717, 1.165) is 32.4 Å². The van der Waals surface area contributed by atoms with E-state index in [2.05, 4.69) is 6.92 Å². The first-order chi connectivity index (χ1) is 8.92. The second kappa shape index (κ2) is 9.78. The van der Waals surface area contributed by atoms with Crippen molar-refractivity contribution in [3.05, 3.63) is 0 Å². The molecule has 1 unspecified atom stereocenters. The zero-order valence-electron chi connectivity index (χ0n) is 12.7. The molecule has 0 aromatic heterocycles. The number of rotatable bonds is 10. The van der Waals surface area contributed by atoms with Crippen molar-refractivity contribution in [2.45, 2.75) is 40.0 Å². The number of hydrogen-bond donors (Lipinski definition) is 1. The lowest BCUT2D eigenvalue weighted by molar-refractivity contribution is -0.142. The molecular formula is C14H28N2O3. The molecule has 5 heteroatoms. The van der Waals surface area contributed by atoms with Crippen molar-refractivity contribution >= 4 is 11.9 Å². The van der Waals surface area contributed by atoms with E-state index >= 15 is 0 Å². The Kier molecular flexibility index (Phi) is 9.21. The van der Waals surface area contributed by atoms with Crippen LogP contribution in [0.3, 0.4) is 0 Å². The molecule has 0 aliphatic heterocycles. The fraction of sp³-hybridized carbons (Fsp3) is 0.857. The summed E-state index contributed by atoms with van der Waals surface area (Å²) in [6.45, 7) is 8.06. The van der Waals surface area contributed by atoms with Gasteiger partial charge in [0.15, 0.2) is 0 Å². The molecule has 0 radical (unpaired) electrons. The van der Waals surface area contributed by atoms with Crippen LogP contribution in [0.5, 0.6) is 0 Å². The number of carboxylic acids is 1. The molecular weight excluding hydrogens is 244 g/mol. The van der Waals surface area contributed by atoms with Crippen molar-refractivity contribution in [3.8, 4) is 0 Å². The van der Waals surface area contributed by atoms with E-state index in [4.69, 9.17) is 5.11 Å². The van der Waals surface area contributed by atoms with Gasteiger partial charge in [0.1, 0.15) is 0 Å². The third-order valence-corrected chi connectivity index (χ3v) is 3.13. The topological polar surface area (TPSA) is 60.9 Å². The Morgan fingerprint density at radius 1 is 1.16 bits per heavy atom. The Labute approximate surface area is 116 Å². The summed E-state index contributed by atoms with van der Waals surface area (Å²) in [6, 6.07) is 0. The van der Waals surface area contributed by atoms with Gasteiger partial charge < -0.3 is 10.0 Å². The predicted molar refractivity (Wildman–Crippen MR) is 76.1 cm³/mol. The number of likely N-dealkylation sites (N-methyl/N-ethyl adjacent to an activating group) is 1. The van der Waals surface area contributed by atoms with Crippen molar-refractivity contribution in [2.24, 2.45) is 5.92 Å². The summed E-state index contributed by atoms with van der Waals surface area (Å²) in [6.07, 6.45) is 2.98. The SMILES string of the molecule is CCCCN(C)C(=O)CN(CCC)CC(C)C(=O)O. The van der Waals surface area contributed by atoms with Gasteiger partial charge in [-0.25, -0.2) is 0 Å². The monoisotopic (exact) mass is 272 g/mol. The summed E-state index contributed by atoms with van der Waals surface area (Å²) >= 11 is 0. The van der Waals surface area contributed by atoms with Crippen LogP contribution in [-0.4, -0.2) is 60.0 Å². The highest BCUT2D eigenvalue weighted by Gasteiger charge is 2.19. The quantitative estimate of drug-likeness (QED) is 0.657. The number of amides is 1. The molecule has 19 heavy (non-hydrogen) atoms. The summed E-state index contributed by atoms with van der Waals surface area (Å²) in [5.41, 5.74) is 0.